The summed E-state index contributed by atoms with van der Waals surface area (Å²) >= 11 is 1.57. The number of amides is 2. The van der Waals surface area contributed by atoms with E-state index in [0.29, 0.717) is 6.54 Å². The Bertz CT molecular complexity index is 351. The molecule has 1 heterocycles. The second-order valence-corrected chi connectivity index (χ2v) is 4.34. The molecule has 0 aliphatic carbocycles. The summed E-state index contributed by atoms with van der Waals surface area (Å²) in [6, 6.07) is 3.59. The van der Waals surface area contributed by atoms with Crippen LogP contribution in [0.2, 0.25) is 0 Å². The van der Waals surface area contributed by atoms with Gasteiger partial charge in [-0.2, -0.15) is 0 Å². The fourth-order valence-corrected chi connectivity index (χ4v) is 1.72. The maximum Gasteiger partial charge on any atom is 0.317 e. The van der Waals surface area contributed by atoms with E-state index < -0.39 is 5.97 Å². The number of thiophene rings is 1. The van der Waals surface area contributed by atoms with Crippen molar-refractivity contribution in [2.75, 3.05) is 13.6 Å². The highest BCUT2D eigenvalue weighted by atomic mass is 32.1. The van der Waals surface area contributed by atoms with Crippen LogP contribution < -0.4 is 5.32 Å². The van der Waals surface area contributed by atoms with Crippen molar-refractivity contribution >= 4 is 23.3 Å². The molecule has 6 heteroatoms. The lowest BCUT2D eigenvalue weighted by atomic mass is 10.4. The van der Waals surface area contributed by atoms with Crippen LogP contribution >= 0.6 is 11.3 Å². The van der Waals surface area contributed by atoms with Crippen molar-refractivity contribution in [2.24, 2.45) is 0 Å². The number of nitrogens with one attached hydrogen (secondary N) is 1. The Kier molecular flexibility index (Phi) is 4.78. The number of rotatable bonds is 5. The maximum absolute atomic E-state index is 11.5. The van der Waals surface area contributed by atoms with Crippen LogP contribution in [0.5, 0.6) is 0 Å². The lowest BCUT2D eigenvalue weighted by molar-refractivity contribution is -0.137. The molecule has 0 radical (unpaired) electrons. The summed E-state index contributed by atoms with van der Waals surface area (Å²) in [6.07, 6.45) is -0.0388. The SMILES string of the molecule is CN(CCC(=O)O)C(=O)NCc1cccs1. The quantitative estimate of drug-likeness (QED) is 0.819. The first-order valence-corrected chi connectivity index (χ1v) is 5.70. The number of carboxylic acids is 1. The van der Waals surface area contributed by atoms with Gasteiger partial charge in [-0.1, -0.05) is 6.07 Å². The molecule has 0 saturated heterocycles. The van der Waals surface area contributed by atoms with E-state index in [0.717, 1.165) is 4.88 Å². The van der Waals surface area contributed by atoms with Crippen LogP contribution in [0, 0.1) is 0 Å². The number of hydrogen-bond donors (Lipinski definition) is 2. The summed E-state index contributed by atoms with van der Waals surface area (Å²) in [4.78, 5) is 24.2. The first kappa shape index (κ1) is 12.5. The van der Waals surface area contributed by atoms with Gasteiger partial charge in [-0.3, -0.25) is 4.79 Å². The first-order chi connectivity index (χ1) is 7.59. The van der Waals surface area contributed by atoms with Gasteiger partial charge in [-0.05, 0) is 11.4 Å². The molecule has 0 bridgehead atoms. The second-order valence-electron chi connectivity index (χ2n) is 3.30. The van der Waals surface area contributed by atoms with Gasteiger partial charge in [0, 0.05) is 18.5 Å². The number of nitrogens with zero attached hydrogens (tertiary/aromatic N) is 1. The molecular formula is C10H14N2O3S. The molecule has 16 heavy (non-hydrogen) atoms. The third kappa shape index (κ3) is 4.31. The summed E-state index contributed by atoms with van der Waals surface area (Å²) in [6.45, 7) is 0.694. The second kappa shape index (κ2) is 6.12. The topological polar surface area (TPSA) is 69.6 Å². The first-order valence-electron chi connectivity index (χ1n) is 4.82. The standard InChI is InChI=1S/C10H14N2O3S/c1-12(5-4-9(13)14)10(15)11-7-8-3-2-6-16-8/h2-3,6H,4-5,7H2,1H3,(H,11,15)(H,13,14). The molecule has 2 N–H and O–H groups in total. The van der Waals surface area contributed by atoms with Crippen LogP contribution in [0.3, 0.4) is 0 Å². The van der Waals surface area contributed by atoms with Crippen molar-refractivity contribution in [1.82, 2.24) is 10.2 Å². The number of aliphatic carboxylic acids is 1. The summed E-state index contributed by atoms with van der Waals surface area (Å²) in [5, 5.41) is 13.1. The average Bonchev–Trinajstić information content (AvgIpc) is 2.75. The molecular weight excluding hydrogens is 228 g/mol. The number of hydrogen-bond acceptors (Lipinski definition) is 3. The van der Waals surface area contributed by atoms with Crippen LogP contribution in [-0.2, 0) is 11.3 Å². The van der Waals surface area contributed by atoms with Gasteiger partial charge in [0.1, 0.15) is 0 Å². The highest BCUT2D eigenvalue weighted by molar-refractivity contribution is 7.09. The Balaban J connectivity index is 2.26. The van der Waals surface area contributed by atoms with E-state index in [4.69, 9.17) is 5.11 Å². The van der Waals surface area contributed by atoms with Crippen molar-refractivity contribution in [3.05, 3.63) is 22.4 Å². The predicted molar refractivity (Wildman–Crippen MR) is 61.4 cm³/mol. The third-order valence-electron chi connectivity index (χ3n) is 2.00. The fourth-order valence-electron chi connectivity index (χ4n) is 1.08. The molecule has 5 nitrogen and oxygen atoms in total. The van der Waals surface area contributed by atoms with E-state index in [2.05, 4.69) is 5.32 Å². The van der Waals surface area contributed by atoms with Crippen LogP contribution in [0.1, 0.15) is 11.3 Å². The molecule has 0 unspecified atom stereocenters. The number of carbonyl (C=O) groups excluding carboxylic acids is 1. The van der Waals surface area contributed by atoms with Crippen molar-refractivity contribution < 1.29 is 14.7 Å². The monoisotopic (exact) mass is 242 g/mol. The molecule has 1 aromatic heterocycles. The predicted octanol–water partition coefficient (Wildman–Crippen LogP) is 1.36. The Morgan fingerprint density at radius 1 is 1.56 bits per heavy atom. The number of urea groups is 1. The van der Waals surface area contributed by atoms with Crippen LogP contribution in [0.25, 0.3) is 0 Å². The highest BCUT2D eigenvalue weighted by Gasteiger charge is 2.09. The van der Waals surface area contributed by atoms with Crippen molar-refractivity contribution in [1.29, 1.82) is 0 Å². The zero-order valence-electron chi connectivity index (χ0n) is 8.97. The largest absolute Gasteiger partial charge is 0.481 e. The van der Waals surface area contributed by atoms with Gasteiger partial charge in [-0.15, -0.1) is 11.3 Å². The van der Waals surface area contributed by atoms with Gasteiger partial charge in [0.05, 0.1) is 13.0 Å². The van der Waals surface area contributed by atoms with Gasteiger partial charge >= 0.3 is 12.0 Å². The van der Waals surface area contributed by atoms with E-state index in [1.165, 1.54) is 4.90 Å². The summed E-state index contributed by atoms with van der Waals surface area (Å²) in [5.74, 6) is -0.905. The molecule has 0 atom stereocenters. The van der Waals surface area contributed by atoms with Crippen molar-refractivity contribution in [3.63, 3.8) is 0 Å². The summed E-state index contributed by atoms with van der Waals surface area (Å²) < 4.78 is 0. The molecule has 0 saturated carbocycles. The lowest BCUT2D eigenvalue weighted by Crippen LogP contribution is -2.37. The van der Waals surface area contributed by atoms with Gasteiger partial charge in [-0.25, -0.2) is 4.79 Å². The molecule has 2 amide bonds. The molecule has 0 aromatic carbocycles. The Morgan fingerprint density at radius 3 is 2.88 bits per heavy atom. The molecule has 1 aromatic rings. The fraction of sp³-hybridized carbons (Fsp3) is 0.400. The molecule has 0 aliphatic heterocycles. The minimum atomic E-state index is -0.905. The van der Waals surface area contributed by atoms with E-state index >= 15 is 0 Å². The van der Waals surface area contributed by atoms with E-state index in [9.17, 15) is 9.59 Å². The smallest absolute Gasteiger partial charge is 0.317 e. The normalized spacial score (nSPS) is 9.81. The molecule has 1 rings (SSSR count). The zero-order chi connectivity index (χ0) is 12.0. The van der Waals surface area contributed by atoms with Crippen molar-refractivity contribution in [2.45, 2.75) is 13.0 Å². The minimum absolute atomic E-state index is 0.0388. The minimum Gasteiger partial charge on any atom is -0.481 e. The Morgan fingerprint density at radius 2 is 2.31 bits per heavy atom. The van der Waals surface area contributed by atoms with E-state index in [1.807, 2.05) is 17.5 Å². The maximum atomic E-state index is 11.5. The van der Waals surface area contributed by atoms with Crippen LogP contribution in [0.4, 0.5) is 4.79 Å². The molecule has 88 valence electrons. The van der Waals surface area contributed by atoms with Crippen molar-refractivity contribution in [3.8, 4) is 0 Å². The van der Waals surface area contributed by atoms with E-state index in [-0.39, 0.29) is 19.0 Å². The lowest BCUT2D eigenvalue weighted by Gasteiger charge is -2.16. The average molecular weight is 242 g/mol. The Labute approximate surface area is 97.7 Å². The summed E-state index contributed by atoms with van der Waals surface area (Å²) in [7, 11) is 1.58. The Hall–Kier alpha value is -1.56. The third-order valence-corrected chi connectivity index (χ3v) is 2.88. The van der Waals surface area contributed by atoms with Gasteiger partial charge in [0.15, 0.2) is 0 Å². The molecule has 0 spiro atoms. The summed E-state index contributed by atoms with van der Waals surface area (Å²) in [5.41, 5.74) is 0. The van der Waals surface area contributed by atoms with Crippen LogP contribution in [0.15, 0.2) is 17.5 Å². The van der Waals surface area contributed by atoms with Crippen LogP contribution in [-0.4, -0.2) is 35.6 Å². The van der Waals surface area contributed by atoms with Gasteiger partial charge in [0.2, 0.25) is 0 Å². The van der Waals surface area contributed by atoms with Gasteiger partial charge in [0.25, 0.3) is 0 Å². The molecule has 0 aliphatic rings. The zero-order valence-corrected chi connectivity index (χ0v) is 9.79. The van der Waals surface area contributed by atoms with E-state index in [1.54, 1.807) is 18.4 Å². The van der Waals surface area contributed by atoms with Gasteiger partial charge < -0.3 is 15.3 Å². The number of carboxylic acid groups (broad SMARTS) is 1. The number of carbonyl (C=O) groups is 2. The highest BCUT2D eigenvalue weighted by Crippen LogP contribution is 2.07. The molecule has 0 fully saturated rings.